The summed E-state index contributed by atoms with van der Waals surface area (Å²) in [5.74, 6) is -1.00. The standard InChI is InChI=1S/C10H6O4.C10H6O3.C10H8O2.ClO2.Na/c11-9-4-2-6-5-7(10(12)13)1-3-8(6)14-9;11-6-7-1-3-9-8(5-7)2-4-10(12)13-9;1-7-2-4-9-8(6-7)3-5-10(11)12-9;2-1-3;/h1-5H,(H,12,13);1-6H;2-6H,1H3;;/q;;;-1;+1. The summed E-state index contributed by atoms with van der Waals surface area (Å²) in [6, 6.07) is 23.9. The molecule has 43 heavy (non-hydrogen) atoms. The first-order chi connectivity index (χ1) is 20.1. The first-order valence-corrected chi connectivity index (χ1v) is 12.4. The second-order valence-electron chi connectivity index (χ2n) is 8.34. The van der Waals surface area contributed by atoms with Crippen LogP contribution in [0.2, 0.25) is 0 Å². The number of carboxylic acid groups (broad SMARTS) is 1. The van der Waals surface area contributed by atoms with Crippen LogP contribution in [0.15, 0.2) is 119 Å². The number of carbonyl (C=O) groups is 2. The van der Waals surface area contributed by atoms with Crippen LogP contribution in [0.25, 0.3) is 32.9 Å². The van der Waals surface area contributed by atoms with Crippen molar-refractivity contribution in [3.05, 3.63) is 139 Å². The van der Waals surface area contributed by atoms with Crippen molar-refractivity contribution in [3.8, 4) is 0 Å². The predicted molar refractivity (Wildman–Crippen MR) is 145 cm³/mol. The van der Waals surface area contributed by atoms with Crippen molar-refractivity contribution in [1.29, 1.82) is 0 Å². The second kappa shape index (κ2) is 16.9. The molecule has 6 rings (SSSR count). The molecule has 3 aromatic heterocycles. The topological polar surface area (TPSA) is 191 Å². The molecule has 0 atom stereocenters. The first-order valence-electron chi connectivity index (χ1n) is 11.8. The zero-order valence-corrected chi connectivity index (χ0v) is 25.4. The smallest absolute Gasteiger partial charge is 0.544 e. The molecule has 0 amide bonds. The molecule has 214 valence electrons. The first kappa shape index (κ1) is 34.8. The van der Waals surface area contributed by atoms with Gasteiger partial charge in [0.2, 0.25) is 0 Å². The maximum absolute atomic E-state index is 10.8. The summed E-state index contributed by atoms with van der Waals surface area (Å²) in [6.07, 6.45) is 0.755. The van der Waals surface area contributed by atoms with E-state index in [0.717, 1.165) is 22.6 Å². The van der Waals surface area contributed by atoms with E-state index in [9.17, 15) is 24.0 Å². The zero-order valence-electron chi connectivity index (χ0n) is 22.6. The average Bonchev–Trinajstić information content (AvgIpc) is 2.97. The molecule has 6 aromatic rings. The van der Waals surface area contributed by atoms with Gasteiger partial charge >= 0.3 is 52.4 Å². The number of rotatable bonds is 2. The molecule has 3 heterocycles. The van der Waals surface area contributed by atoms with Crippen molar-refractivity contribution in [2.24, 2.45) is 0 Å². The Labute approximate surface area is 268 Å². The van der Waals surface area contributed by atoms with Crippen molar-refractivity contribution in [1.82, 2.24) is 0 Å². The Hall–Kier alpha value is -4.36. The van der Waals surface area contributed by atoms with Crippen LogP contribution in [0, 0.1) is 18.2 Å². The van der Waals surface area contributed by atoms with Gasteiger partial charge in [0.25, 0.3) is 0 Å². The van der Waals surface area contributed by atoms with Crippen molar-refractivity contribution in [2.45, 2.75) is 6.92 Å². The van der Waals surface area contributed by atoms with E-state index < -0.39 is 22.9 Å². The summed E-state index contributed by atoms with van der Waals surface area (Å²) < 4.78 is 31.2. The molecule has 0 unspecified atom stereocenters. The van der Waals surface area contributed by atoms with Crippen molar-refractivity contribution in [3.63, 3.8) is 0 Å². The Morgan fingerprint density at radius 2 is 1.09 bits per heavy atom. The fourth-order valence-electron chi connectivity index (χ4n) is 3.56. The number of hydrogen-bond acceptors (Lipinski definition) is 10. The van der Waals surface area contributed by atoms with Crippen LogP contribution >= 0.6 is 0 Å². The van der Waals surface area contributed by atoms with Crippen molar-refractivity contribution in [2.75, 3.05) is 0 Å². The molecular weight excluding hydrogens is 595 g/mol. The Kier molecular flexibility index (Phi) is 13.7. The summed E-state index contributed by atoms with van der Waals surface area (Å²) in [5.41, 5.74) is 2.32. The molecule has 0 saturated heterocycles. The number of aryl methyl sites for hydroxylation is 1. The number of hydrogen-bond donors (Lipinski definition) is 1. The number of halogens is 1. The third-order valence-electron chi connectivity index (χ3n) is 5.42. The number of aromatic carboxylic acids is 1. The van der Waals surface area contributed by atoms with Gasteiger partial charge in [-0.25, -0.2) is 19.2 Å². The Morgan fingerprint density at radius 1 is 0.674 bits per heavy atom. The van der Waals surface area contributed by atoms with E-state index in [-0.39, 0.29) is 46.4 Å². The quantitative estimate of drug-likeness (QED) is 0.155. The van der Waals surface area contributed by atoms with Gasteiger partial charge in [-0.2, -0.15) is 0 Å². The molecule has 0 aliphatic rings. The SMILES string of the molecule is Cc1ccc2oc(=O)ccc2c1.O=C(O)c1ccc2oc(=O)ccc2c1.O=Cc1ccc2oc(=O)ccc2c1.[Na+].[O-][Cl+][O-]. The number of benzene rings is 3. The van der Waals surface area contributed by atoms with E-state index in [0.29, 0.717) is 27.7 Å². The molecule has 0 saturated carbocycles. The minimum absolute atomic E-state index is 0. The maximum Gasteiger partial charge on any atom is 1.00 e. The van der Waals surface area contributed by atoms with E-state index in [2.05, 4.69) is 0 Å². The fourth-order valence-corrected chi connectivity index (χ4v) is 3.56. The van der Waals surface area contributed by atoms with Gasteiger partial charge in [0.1, 0.15) is 23.0 Å². The predicted octanol–water partition coefficient (Wildman–Crippen LogP) is -0.176. The van der Waals surface area contributed by atoms with Gasteiger partial charge in [-0.05, 0) is 73.7 Å². The molecule has 13 heteroatoms. The number of aldehydes is 1. The molecule has 0 spiro atoms. The molecule has 3 aromatic carbocycles. The molecule has 11 nitrogen and oxygen atoms in total. The monoisotopic (exact) mass is 614 g/mol. The van der Waals surface area contributed by atoms with Gasteiger partial charge in [0, 0.05) is 39.9 Å². The van der Waals surface area contributed by atoms with Crippen molar-refractivity contribution >= 4 is 45.2 Å². The van der Waals surface area contributed by atoms with Gasteiger partial charge in [-0.3, -0.25) is 4.79 Å². The van der Waals surface area contributed by atoms with Crippen LogP contribution in [0.3, 0.4) is 0 Å². The van der Waals surface area contributed by atoms with E-state index in [4.69, 9.17) is 27.7 Å². The summed E-state index contributed by atoms with van der Waals surface area (Å²) >= 11 is -0.417. The number of carboxylic acids is 1. The second-order valence-corrected chi connectivity index (χ2v) is 8.47. The van der Waals surface area contributed by atoms with E-state index in [1.165, 1.54) is 42.5 Å². The van der Waals surface area contributed by atoms with Crippen LogP contribution in [0.1, 0.15) is 26.3 Å². The number of carbonyl (C=O) groups excluding carboxylic acids is 1. The Bertz CT molecular complexity index is 2030. The summed E-state index contributed by atoms with van der Waals surface area (Å²) in [5, 5.41) is 11.0. The number of fused-ring (bicyclic) bond motifs is 3. The summed E-state index contributed by atoms with van der Waals surface area (Å²) in [4.78, 5) is 53.5. The van der Waals surface area contributed by atoms with Gasteiger partial charge in [-0.1, -0.05) is 11.6 Å². The molecular formula is C30H20ClNaO11. The minimum atomic E-state index is -1.00. The molecule has 0 aliphatic carbocycles. The van der Waals surface area contributed by atoms with Crippen LogP contribution < -0.4 is 55.8 Å². The van der Waals surface area contributed by atoms with E-state index >= 15 is 0 Å². The summed E-state index contributed by atoms with van der Waals surface area (Å²) in [7, 11) is 0. The van der Waals surface area contributed by atoms with Gasteiger partial charge < -0.3 is 27.7 Å². The zero-order chi connectivity index (χ0) is 30.6. The van der Waals surface area contributed by atoms with Gasteiger partial charge in [-0.15, -0.1) is 0 Å². The van der Waals surface area contributed by atoms with Gasteiger partial charge in [0.15, 0.2) is 0 Å². The third-order valence-corrected chi connectivity index (χ3v) is 5.42. The van der Waals surface area contributed by atoms with Crippen LogP contribution in [0.5, 0.6) is 0 Å². The molecule has 1 N–H and O–H groups in total. The van der Waals surface area contributed by atoms with Crippen LogP contribution in [-0.4, -0.2) is 17.4 Å². The van der Waals surface area contributed by atoms with Crippen molar-refractivity contribution < 1.29 is 78.1 Å². The molecule has 0 bridgehead atoms. The van der Waals surface area contributed by atoms with E-state index in [1.54, 1.807) is 30.3 Å². The Morgan fingerprint density at radius 3 is 1.56 bits per heavy atom. The van der Waals surface area contributed by atoms with Gasteiger partial charge in [0.05, 0.1) is 16.9 Å². The average molecular weight is 615 g/mol. The minimum Gasteiger partial charge on any atom is -0.544 e. The normalized spacial score (nSPS) is 9.74. The molecule has 0 aliphatic heterocycles. The Balaban J connectivity index is 0.000000213. The molecule has 0 radical (unpaired) electrons. The summed E-state index contributed by atoms with van der Waals surface area (Å²) in [6.45, 7) is 2.00. The third kappa shape index (κ3) is 10.5. The van der Waals surface area contributed by atoms with Crippen LogP contribution in [-0.2, 0) is 0 Å². The van der Waals surface area contributed by atoms with Crippen LogP contribution in [0.4, 0.5) is 0 Å². The molecule has 0 fully saturated rings. The maximum atomic E-state index is 10.8. The van der Waals surface area contributed by atoms with E-state index in [1.807, 2.05) is 25.1 Å². The fraction of sp³-hybridized carbons (Fsp3) is 0.0333. The largest absolute Gasteiger partial charge is 1.00 e.